The standard InChI is InChI=1S/C16H29ClO3/c1-2-3-4-5-6-7-8-9-10-11-12-13-14-20-16(19)15(17)18/h2-14H2,1H3. The lowest BCUT2D eigenvalue weighted by molar-refractivity contribution is -0.150. The van der Waals surface area contributed by atoms with Crippen molar-refractivity contribution < 1.29 is 14.3 Å². The van der Waals surface area contributed by atoms with Crippen LogP contribution in [0.3, 0.4) is 0 Å². The minimum atomic E-state index is -1.04. The number of ether oxygens (including phenoxy) is 1. The zero-order valence-corrected chi connectivity index (χ0v) is 13.6. The predicted molar refractivity (Wildman–Crippen MR) is 82.9 cm³/mol. The Hall–Kier alpha value is -0.570. The van der Waals surface area contributed by atoms with E-state index in [1.54, 1.807) is 0 Å². The van der Waals surface area contributed by atoms with Gasteiger partial charge in [0.2, 0.25) is 0 Å². The third-order valence-electron chi connectivity index (χ3n) is 3.39. The van der Waals surface area contributed by atoms with Crippen LogP contribution in [0.1, 0.15) is 84.0 Å². The molecule has 0 atom stereocenters. The van der Waals surface area contributed by atoms with E-state index in [9.17, 15) is 9.59 Å². The number of rotatable bonds is 14. The minimum absolute atomic E-state index is 0.300. The van der Waals surface area contributed by atoms with Crippen molar-refractivity contribution in [3.8, 4) is 0 Å². The summed E-state index contributed by atoms with van der Waals surface area (Å²) in [6, 6.07) is 0. The van der Waals surface area contributed by atoms with Gasteiger partial charge >= 0.3 is 11.2 Å². The lowest BCUT2D eigenvalue weighted by Crippen LogP contribution is -2.12. The van der Waals surface area contributed by atoms with Crippen molar-refractivity contribution in [2.24, 2.45) is 0 Å². The van der Waals surface area contributed by atoms with E-state index in [4.69, 9.17) is 11.6 Å². The van der Waals surface area contributed by atoms with Crippen molar-refractivity contribution in [1.82, 2.24) is 0 Å². The van der Waals surface area contributed by atoms with Crippen LogP contribution in [-0.2, 0) is 14.3 Å². The molecule has 0 bridgehead atoms. The molecule has 4 heteroatoms. The van der Waals surface area contributed by atoms with Gasteiger partial charge in [0, 0.05) is 0 Å². The molecule has 0 unspecified atom stereocenters. The summed E-state index contributed by atoms with van der Waals surface area (Å²) < 4.78 is 4.67. The average Bonchev–Trinajstić information content (AvgIpc) is 2.43. The maximum absolute atomic E-state index is 10.7. The summed E-state index contributed by atoms with van der Waals surface area (Å²) in [6.07, 6.45) is 15.1. The number of unbranched alkanes of at least 4 members (excludes halogenated alkanes) is 11. The summed E-state index contributed by atoms with van der Waals surface area (Å²) in [6.45, 7) is 2.54. The highest BCUT2D eigenvalue weighted by Crippen LogP contribution is 2.11. The summed E-state index contributed by atoms with van der Waals surface area (Å²) >= 11 is 4.97. The molecule has 3 nitrogen and oxygen atoms in total. The first-order valence-electron chi connectivity index (χ1n) is 8.05. The largest absolute Gasteiger partial charge is 0.459 e. The molecule has 0 aliphatic carbocycles. The fraction of sp³-hybridized carbons (Fsp3) is 0.875. The number of esters is 1. The van der Waals surface area contributed by atoms with Gasteiger partial charge < -0.3 is 4.74 Å². The molecule has 0 aromatic rings. The number of halogens is 1. The van der Waals surface area contributed by atoms with Crippen molar-refractivity contribution in [3.63, 3.8) is 0 Å². The normalized spacial score (nSPS) is 10.5. The molecule has 0 saturated carbocycles. The monoisotopic (exact) mass is 304 g/mol. The lowest BCUT2D eigenvalue weighted by Gasteiger charge is -2.03. The molecule has 0 aromatic carbocycles. The van der Waals surface area contributed by atoms with E-state index in [0.717, 1.165) is 12.8 Å². The average molecular weight is 305 g/mol. The molecule has 0 rings (SSSR count). The van der Waals surface area contributed by atoms with Gasteiger partial charge in [-0.15, -0.1) is 0 Å². The van der Waals surface area contributed by atoms with Crippen molar-refractivity contribution in [2.75, 3.05) is 6.61 Å². The second kappa shape index (κ2) is 14.8. The van der Waals surface area contributed by atoms with Gasteiger partial charge in [-0.2, -0.15) is 0 Å². The molecule has 0 heterocycles. The van der Waals surface area contributed by atoms with E-state index in [0.29, 0.717) is 6.61 Å². The quantitative estimate of drug-likeness (QED) is 0.196. The van der Waals surface area contributed by atoms with Crippen molar-refractivity contribution in [2.45, 2.75) is 84.0 Å². The van der Waals surface area contributed by atoms with Gasteiger partial charge in [0.05, 0.1) is 6.61 Å². The third-order valence-corrected chi connectivity index (χ3v) is 3.55. The Balaban J connectivity index is 3.06. The molecule has 118 valence electrons. The van der Waals surface area contributed by atoms with E-state index in [1.807, 2.05) is 0 Å². The van der Waals surface area contributed by atoms with Crippen LogP contribution in [-0.4, -0.2) is 17.8 Å². The SMILES string of the molecule is CCCCCCCCCCCCCCOC(=O)C(=O)Cl. The van der Waals surface area contributed by atoms with Crippen LogP contribution in [0.5, 0.6) is 0 Å². The zero-order valence-electron chi connectivity index (χ0n) is 12.8. The fourth-order valence-electron chi connectivity index (χ4n) is 2.16. The third kappa shape index (κ3) is 13.9. The zero-order chi connectivity index (χ0) is 15.1. The summed E-state index contributed by atoms with van der Waals surface area (Å²) in [5.74, 6) is -0.935. The van der Waals surface area contributed by atoms with Crippen LogP contribution in [0.15, 0.2) is 0 Å². The van der Waals surface area contributed by atoms with Crippen LogP contribution < -0.4 is 0 Å². The van der Waals surface area contributed by atoms with Gasteiger partial charge in [-0.25, -0.2) is 4.79 Å². The molecular weight excluding hydrogens is 276 g/mol. The van der Waals surface area contributed by atoms with E-state index in [1.165, 1.54) is 64.2 Å². The Labute approximate surface area is 128 Å². The van der Waals surface area contributed by atoms with Gasteiger partial charge in [0.25, 0.3) is 0 Å². The molecule has 0 N–H and O–H groups in total. The van der Waals surface area contributed by atoms with Crippen molar-refractivity contribution >= 4 is 22.8 Å². The second-order valence-corrected chi connectivity index (χ2v) is 5.64. The number of carbonyl (C=O) groups is 2. The Morgan fingerprint density at radius 1 is 0.750 bits per heavy atom. The van der Waals surface area contributed by atoms with Gasteiger partial charge in [-0.05, 0) is 18.0 Å². The van der Waals surface area contributed by atoms with E-state index in [-0.39, 0.29) is 0 Å². The lowest BCUT2D eigenvalue weighted by atomic mass is 10.1. The summed E-state index contributed by atoms with van der Waals surface area (Å²) in [4.78, 5) is 21.1. The molecule has 0 saturated heterocycles. The van der Waals surface area contributed by atoms with Crippen LogP contribution in [0.2, 0.25) is 0 Å². The van der Waals surface area contributed by atoms with E-state index < -0.39 is 11.2 Å². The molecule has 0 radical (unpaired) electrons. The number of carbonyl (C=O) groups excluding carboxylic acids is 2. The van der Waals surface area contributed by atoms with Crippen molar-refractivity contribution in [3.05, 3.63) is 0 Å². The van der Waals surface area contributed by atoms with Gasteiger partial charge in [0.15, 0.2) is 0 Å². The first-order chi connectivity index (χ1) is 9.68. The topological polar surface area (TPSA) is 43.4 Å². The first kappa shape index (κ1) is 19.4. The summed E-state index contributed by atoms with van der Waals surface area (Å²) in [5, 5.41) is -1.04. The molecule has 0 amide bonds. The van der Waals surface area contributed by atoms with Crippen LogP contribution in [0, 0.1) is 0 Å². The Morgan fingerprint density at radius 2 is 1.15 bits per heavy atom. The smallest absolute Gasteiger partial charge is 0.391 e. The molecule has 0 aromatic heterocycles. The van der Waals surface area contributed by atoms with Gasteiger partial charge in [-0.1, -0.05) is 77.6 Å². The highest BCUT2D eigenvalue weighted by atomic mass is 35.5. The summed E-state index contributed by atoms with van der Waals surface area (Å²) in [7, 11) is 0. The predicted octanol–water partition coefficient (Wildman–Crippen LogP) is 5.00. The second-order valence-electron chi connectivity index (χ2n) is 5.30. The van der Waals surface area contributed by atoms with Crippen LogP contribution in [0.4, 0.5) is 0 Å². The highest BCUT2D eigenvalue weighted by molar-refractivity contribution is 6.80. The summed E-state index contributed by atoms with van der Waals surface area (Å²) in [5.41, 5.74) is 0. The van der Waals surface area contributed by atoms with Gasteiger partial charge in [-0.3, -0.25) is 4.79 Å². The first-order valence-corrected chi connectivity index (χ1v) is 8.43. The number of hydrogen-bond donors (Lipinski definition) is 0. The molecule has 0 aliphatic rings. The molecule has 0 fully saturated rings. The highest BCUT2D eigenvalue weighted by Gasteiger charge is 2.10. The van der Waals surface area contributed by atoms with E-state index in [2.05, 4.69) is 11.7 Å². The van der Waals surface area contributed by atoms with Gasteiger partial charge in [0.1, 0.15) is 0 Å². The maximum atomic E-state index is 10.7. The van der Waals surface area contributed by atoms with Crippen molar-refractivity contribution in [1.29, 1.82) is 0 Å². The number of hydrogen-bond acceptors (Lipinski definition) is 3. The van der Waals surface area contributed by atoms with Crippen LogP contribution in [0.25, 0.3) is 0 Å². The molecule has 0 aliphatic heterocycles. The Kier molecular flexibility index (Phi) is 14.4. The molecule has 20 heavy (non-hydrogen) atoms. The Morgan fingerprint density at radius 3 is 1.55 bits per heavy atom. The minimum Gasteiger partial charge on any atom is -0.459 e. The van der Waals surface area contributed by atoms with Crippen LogP contribution >= 0.6 is 11.6 Å². The van der Waals surface area contributed by atoms with E-state index >= 15 is 0 Å². The molecule has 0 spiro atoms. The fourth-order valence-corrected chi connectivity index (χ4v) is 2.22. The molecular formula is C16H29ClO3. The Bertz CT molecular complexity index is 254. The maximum Gasteiger partial charge on any atom is 0.391 e.